The summed E-state index contributed by atoms with van der Waals surface area (Å²) in [5.74, 6) is 0. The first kappa shape index (κ1) is 26.0. The molecule has 0 amide bonds. The van der Waals surface area contributed by atoms with Crippen molar-refractivity contribution in [1.29, 1.82) is 0 Å². The molecule has 4 heteroatoms. The predicted molar refractivity (Wildman–Crippen MR) is 149 cm³/mol. The number of nitrogens with zero attached hydrogens (tertiary/aromatic N) is 1. The molecule has 0 saturated carbocycles. The third-order valence-electron chi connectivity index (χ3n) is 6.20. The van der Waals surface area contributed by atoms with E-state index in [0.717, 1.165) is 29.3 Å². The van der Waals surface area contributed by atoms with Crippen molar-refractivity contribution in [2.24, 2.45) is 0 Å². The van der Waals surface area contributed by atoms with Gasteiger partial charge in [-0.05, 0) is 61.2 Å². The van der Waals surface area contributed by atoms with Gasteiger partial charge in [0.2, 0.25) is 7.29 Å². The van der Waals surface area contributed by atoms with Crippen molar-refractivity contribution in [2.75, 3.05) is 18.0 Å². The second-order valence-electron chi connectivity index (χ2n) is 8.77. The molecule has 0 bridgehead atoms. The van der Waals surface area contributed by atoms with Crippen LogP contribution in [0.1, 0.15) is 57.6 Å². The first-order valence-corrected chi connectivity index (χ1v) is 14.3. The molecule has 0 saturated heterocycles. The molecule has 0 aromatic heterocycles. The predicted octanol–water partition coefficient (Wildman–Crippen LogP) is 7.23. The second-order valence-corrected chi connectivity index (χ2v) is 11.3. The zero-order valence-electron chi connectivity index (χ0n) is 20.7. The Morgan fingerprint density at radius 2 is 1.32 bits per heavy atom. The van der Waals surface area contributed by atoms with Gasteiger partial charge >= 0.3 is 0 Å². The maximum absolute atomic E-state index is 14.5. The molecule has 0 aliphatic rings. The van der Waals surface area contributed by atoms with Gasteiger partial charge in [-0.15, -0.1) is 6.58 Å². The van der Waals surface area contributed by atoms with E-state index in [2.05, 4.69) is 54.7 Å². The van der Waals surface area contributed by atoms with Crippen LogP contribution in [-0.4, -0.2) is 13.1 Å². The lowest BCUT2D eigenvalue weighted by molar-refractivity contribution is 0.561. The van der Waals surface area contributed by atoms with E-state index in [1.165, 1.54) is 31.4 Å². The second kappa shape index (κ2) is 13.3. The summed E-state index contributed by atoms with van der Waals surface area (Å²) in [6, 6.07) is 28.2. The van der Waals surface area contributed by atoms with Crippen LogP contribution in [0.5, 0.6) is 0 Å². The van der Waals surface area contributed by atoms with Gasteiger partial charge in [-0.1, -0.05) is 81.3 Å². The van der Waals surface area contributed by atoms with Crippen LogP contribution in [0.15, 0.2) is 97.6 Å². The number of hydrogen-bond donors (Lipinski definition) is 1. The molecule has 0 heterocycles. The molecule has 0 fully saturated rings. The molecule has 0 aliphatic heterocycles. The number of nitrogens with one attached hydrogen (secondary N) is 1. The van der Waals surface area contributed by atoms with Crippen LogP contribution in [0.4, 0.5) is 5.69 Å². The van der Waals surface area contributed by atoms with Gasteiger partial charge in [-0.3, -0.25) is 9.65 Å². The topological polar surface area (TPSA) is 32.3 Å². The van der Waals surface area contributed by atoms with E-state index in [4.69, 9.17) is 0 Å². The molecule has 34 heavy (non-hydrogen) atoms. The van der Waals surface area contributed by atoms with Crippen molar-refractivity contribution in [2.45, 2.75) is 52.0 Å². The fraction of sp³-hybridized carbons (Fsp3) is 0.333. The highest BCUT2D eigenvalue weighted by Gasteiger charge is 2.30. The van der Waals surface area contributed by atoms with E-state index in [0.29, 0.717) is 6.42 Å². The van der Waals surface area contributed by atoms with Crippen LogP contribution in [0.25, 0.3) is 0 Å². The van der Waals surface area contributed by atoms with E-state index < -0.39 is 7.29 Å². The highest BCUT2D eigenvalue weighted by molar-refractivity contribution is 7.76. The molecular weight excluding hydrogens is 435 g/mol. The summed E-state index contributed by atoms with van der Waals surface area (Å²) in [5, 5.41) is 5.20. The third kappa shape index (κ3) is 6.72. The minimum Gasteiger partial charge on any atom is -0.372 e. The van der Waals surface area contributed by atoms with E-state index in [1.807, 2.05) is 66.7 Å². The Kier molecular flexibility index (Phi) is 10.2. The summed E-state index contributed by atoms with van der Waals surface area (Å²) >= 11 is 0. The number of rotatable bonds is 14. The normalized spacial score (nSPS) is 12.3. The molecule has 0 spiro atoms. The Bertz CT molecular complexity index is 983. The van der Waals surface area contributed by atoms with Crippen LogP contribution < -0.4 is 20.6 Å². The van der Waals surface area contributed by atoms with Crippen LogP contribution in [0, 0.1) is 0 Å². The van der Waals surface area contributed by atoms with Crippen LogP contribution in [0.2, 0.25) is 0 Å². The molecule has 1 N–H and O–H groups in total. The monoisotopic (exact) mass is 474 g/mol. The quantitative estimate of drug-likeness (QED) is 0.198. The van der Waals surface area contributed by atoms with Crippen molar-refractivity contribution in [3.05, 3.63) is 103 Å². The summed E-state index contributed by atoms with van der Waals surface area (Å²) in [5.41, 5.74) is 2.39. The Morgan fingerprint density at radius 1 is 0.824 bits per heavy atom. The number of unbranched alkanes of at least 4 members (excludes halogenated alkanes) is 2. The van der Waals surface area contributed by atoms with Crippen molar-refractivity contribution >= 4 is 23.6 Å². The van der Waals surface area contributed by atoms with E-state index >= 15 is 0 Å². The smallest absolute Gasteiger partial charge is 0.205 e. The molecule has 3 aromatic rings. The lowest BCUT2D eigenvalue weighted by Gasteiger charge is -2.28. The molecule has 180 valence electrons. The Balaban J connectivity index is 1.91. The average molecular weight is 475 g/mol. The van der Waals surface area contributed by atoms with Crippen molar-refractivity contribution in [1.82, 2.24) is 5.09 Å². The zero-order valence-corrected chi connectivity index (χ0v) is 21.6. The molecule has 1 atom stereocenters. The summed E-state index contributed by atoms with van der Waals surface area (Å²) in [7, 11) is -3.04. The van der Waals surface area contributed by atoms with Gasteiger partial charge in [-0.2, -0.15) is 0 Å². The van der Waals surface area contributed by atoms with Gasteiger partial charge < -0.3 is 4.90 Å². The van der Waals surface area contributed by atoms with Gasteiger partial charge in [0, 0.05) is 35.4 Å². The van der Waals surface area contributed by atoms with Crippen molar-refractivity contribution < 1.29 is 4.57 Å². The fourth-order valence-electron chi connectivity index (χ4n) is 4.21. The summed E-state index contributed by atoms with van der Waals surface area (Å²) in [4.78, 5) is 2.49. The van der Waals surface area contributed by atoms with E-state index in [-0.39, 0.29) is 6.04 Å². The lowest BCUT2D eigenvalue weighted by atomic mass is 10.0. The van der Waals surface area contributed by atoms with Gasteiger partial charge in [0.1, 0.15) is 0 Å². The Hall–Kier alpha value is -2.61. The summed E-state index contributed by atoms with van der Waals surface area (Å²) in [6.07, 6.45) is 7.38. The lowest BCUT2D eigenvalue weighted by Crippen LogP contribution is -2.30. The molecular formula is C30H39N2OP. The fourth-order valence-corrected chi connectivity index (χ4v) is 6.68. The molecule has 3 rings (SSSR count). The highest BCUT2D eigenvalue weighted by Crippen LogP contribution is 2.42. The van der Waals surface area contributed by atoms with E-state index in [9.17, 15) is 4.57 Å². The molecule has 1 unspecified atom stereocenters. The Labute approximate surface area is 206 Å². The number of anilines is 1. The zero-order chi connectivity index (χ0) is 24.2. The summed E-state index contributed by atoms with van der Waals surface area (Å²) in [6.45, 7) is 10.6. The first-order valence-electron chi connectivity index (χ1n) is 12.6. The minimum atomic E-state index is -3.04. The summed E-state index contributed by atoms with van der Waals surface area (Å²) < 4.78 is 14.5. The van der Waals surface area contributed by atoms with Crippen LogP contribution >= 0.6 is 7.29 Å². The van der Waals surface area contributed by atoms with Gasteiger partial charge in [0.25, 0.3) is 0 Å². The molecule has 3 nitrogen and oxygen atoms in total. The average Bonchev–Trinajstić information content (AvgIpc) is 2.89. The molecule has 0 aliphatic carbocycles. The SMILES string of the molecule is C=CCC(NP(=O)(c1ccccc1)c1ccccc1)c1ccc(N(CCCC)CCCC)cc1. The van der Waals surface area contributed by atoms with Crippen molar-refractivity contribution in [3.63, 3.8) is 0 Å². The van der Waals surface area contributed by atoms with E-state index in [1.54, 1.807) is 0 Å². The molecule has 3 aromatic carbocycles. The van der Waals surface area contributed by atoms with Crippen LogP contribution in [0.3, 0.4) is 0 Å². The third-order valence-corrected chi connectivity index (χ3v) is 8.93. The standard InChI is InChI=1S/C30H39N2OP/c1-4-7-24-32(25-8-5-2)27-22-20-26(21-23-27)30(15-6-3)31-34(33,28-16-11-9-12-17-28)29-18-13-10-14-19-29/h6,9-14,16-23,30H,3-5,7-8,15,24-25H2,1-2H3,(H,31,33). The largest absolute Gasteiger partial charge is 0.372 e. The van der Waals surface area contributed by atoms with Gasteiger partial charge in [0.15, 0.2) is 0 Å². The molecule has 0 radical (unpaired) electrons. The van der Waals surface area contributed by atoms with Crippen LogP contribution in [-0.2, 0) is 4.57 Å². The van der Waals surface area contributed by atoms with Gasteiger partial charge in [-0.25, -0.2) is 0 Å². The number of hydrogen-bond acceptors (Lipinski definition) is 2. The van der Waals surface area contributed by atoms with Crippen molar-refractivity contribution in [3.8, 4) is 0 Å². The van der Waals surface area contributed by atoms with Gasteiger partial charge in [0.05, 0.1) is 0 Å². The minimum absolute atomic E-state index is 0.0995. The Morgan fingerprint density at radius 3 is 1.76 bits per heavy atom. The maximum Gasteiger partial charge on any atom is 0.205 e. The highest BCUT2D eigenvalue weighted by atomic mass is 31.2. The number of benzene rings is 3. The first-order chi connectivity index (χ1) is 16.6. The maximum atomic E-state index is 14.5.